The topological polar surface area (TPSA) is 46.8 Å². The van der Waals surface area contributed by atoms with Crippen LogP contribution in [0.2, 0.25) is 0 Å². The van der Waals surface area contributed by atoms with E-state index in [9.17, 15) is 4.39 Å². The van der Waals surface area contributed by atoms with Gasteiger partial charge in [0.1, 0.15) is 5.82 Å². The van der Waals surface area contributed by atoms with Crippen molar-refractivity contribution in [2.24, 2.45) is 0 Å². The SMILES string of the molecule is Fc1ccc(CN(Cc2ccccc2)Cc2ccc(-c3ccccc3-c3nnn(C(c4ccccc4)(c4ccccc4)c4ccccc4)n3)cc2)cc1. The van der Waals surface area contributed by atoms with Crippen LogP contribution in [0.1, 0.15) is 33.4 Å². The maximum atomic E-state index is 13.7. The van der Waals surface area contributed by atoms with Crippen LogP contribution in [0.15, 0.2) is 194 Å². The molecular weight excluding hydrogens is 654 g/mol. The van der Waals surface area contributed by atoms with Gasteiger partial charge in [0.25, 0.3) is 0 Å². The first-order valence-electron chi connectivity index (χ1n) is 17.8. The molecule has 0 aliphatic rings. The molecule has 0 N–H and O–H groups in total. The number of nitrogens with zero attached hydrogens (tertiary/aromatic N) is 5. The van der Waals surface area contributed by atoms with E-state index in [2.05, 4.69) is 138 Å². The van der Waals surface area contributed by atoms with Gasteiger partial charge in [0.05, 0.1) is 0 Å². The Morgan fingerprint density at radius 3 is 1.38 bits per heavy atom. The summed E-state index contributed by atoms with van der Waals surface area (Å²) < 4.78 is 13.7. The van der Waals surface area contributed by atoms with E-state index in [1.54, 1.807) is 4.80 Å². The molecule has 0 radical (unpaired) electrons. The van der Waals surface area contributed by atoms with Gasteiger partial charge in [-0.05, 0) is 61.9 Å². The number of hydrogen-bond acceptors (Lipinski definition) is 4. The highest BCUT2D eigenvalue weighted by atomic mass is 19.1. The van der Waals surface area contributed by atoms with Crippen molar-refractivity contribution < 1.29 is 4.39 Å². The number of tetrazole rings is 1. The Morgan fingerprint density at radius 1 is 0.453 bits per heavy atom. The molecule has 53 heavy (non-hydrogen) atoms. The summed E-state index contributed by atoms with van der Waals surface area (Å²) in [6.07, 6.45) is 0. The summed E-state index contributed by atoms with van der Waals surface area (Å²) >= 11 is 0. The van der Waals surface area contributed by atoms with Crippen LogP contribution in [-0.4, -0.2) is 25.1 Å². The third kappa shape index (κ3) is 7.18. The molecule has 7 aromatic carbocycles. The molecule has 0 spiro atoms. The van der Waals surface area contributed by atoms with Crippen molar-refractivity contribution in [2.45, 2.75) is 25.2 Å². The van der Waals surface area contributed by atoms with Crippen molar-refractivity contribution in [2.75, 3.05) is 0 Å². The summed E-state index contributed by atoms with van der Waals surface area (Å²) in [6.45, 7) is 2.22. The van der Waals surface area contributed by atoms with Crippen LogP contribution in [-0.2, 0) is 25.2 Å². The van der Waals surface area contributed by atoms with Gasteiger partial charge in [-0.3, -0.25) is 4.90 Å². The average Bonchev–Trinajstić information content (AvgIpc) is 3.71. The van der Waals surface area contributed by atoms with Crippen molar-refractivity contribution >= 4 is 0 Å². The quantitative estimate of drug-likeness (QED) is 0.120. The molecule has 0 atom stereocenters. The van der Waals surface area contributed by atoms with E-state index in [1.165, 1.54) is 23.3 Å². The minimum Gasteiger partial charge on any atom is -0.291 e. The molecule has 5 nitrogen and oxygen atoms in total. The van der Waals surface area contributed by atoms with Crippen LogP contribution in [0.5, 0.6) is 0 Å². The van der Waals surface area contributed by atoms with Gasteiger partial charge in [-0.25, -0.2) is 4.39 Å². The molecule has 1 aromatic heterocycles. The van der Waals surface area contributed by atoms with Crippen LogP contribution in [0, 0.1) is 5.82 Å². The molecule has 0 unspecified atom stereocenters. The van der Waals surface area contributed by atoms with Gasteiger partial charge in [0, 0.05) is 25.2 Å². The number of hydrogen-bond donors (Lipinski definition) is 0. The van der Waals surface area contributed by atoms with Crippen LogP contribution < -0.4 is 0 Å². The van der Waals surface area contributed by atoms with Gasteiger partial charge in [-0.2, -0.15) is 0 Å². The third-order valence-corrected chi connectivity index (χ3v) is 9.70. The Hall–Kier alpha value is -6.50. The van der Waals surface area contributed by atoms with E-state index in [4.69, 9.17) is 15.4 Å². The Morgan fingerprint density at radius 2 is 0.868 bits per heavy atom. The van der Waals surface area contributed by atoms with Gasteiger partial charge < -0.3 is 0 Å². The molecule has 0 amide bonds. The van der Waals surface area contributed by atoms with E-state index >= 15 is 0 Å². The second kappa shape index (κ2) is 15.4. The predicted octanol–water partition coefficient (Wildman–Crippen LogP) is 10.2. The zero-order chi connectivity index (χ0) is 35.9. The van der Waals surface area contributed by atoms with Crippen molar-refractivity contribution in [3.63, 3.8) is 0 Å². The standard InChI is InChI=1S/C47H38FN5/c48-43-31-27-38(28-32-43)35-52(33-36-15-5-1-6-16-36)34-37-25-29-39(30-26-37)44-23-13-14-24-45(44)46-49-51-53(50-46)47(40-17-7-2-8-18-40,41-19-9-3-10-20-41)42-21-11-4-12-22-42/h1-32H,33-35H2. The Bertz CT molecular complexity index is 2260. The van der Waals surface area contributed by atoms with E-state index in [0.29, 0.717) is 12.4 Å². The van der Waals surface area contributed by atoms with Crippen LogP contribution in [0.4, 0.5) is 4.39 Å². The Labute approximate surface area is 309 Å². The molecule has 0 bridgehead atoms. The molecule has 0 saturated carbocycles. The number of benzene rings is 7. The molecule has 258 valence electrons. The lowest BCUT2D eigenvalue weighted by atomic mass is 9.77. The highest BCUT2D eigenvalue weighted by Gasteiger charge is 2.41. The molecular formula is C47H38FN5. The van der Waals surface area contributed by atoms with Crippen LogP contribution in [0.3, 0.4) is 0 Å². The summed E-state index contributed by atoms with van der Waals surface area (Å²) in [6, 6.07) is 65.3. The zero-order valence-corrected chi connectivity index (χ0v) is 29.2. The highest BCUT2D eigenvalue weighted by Crippen LogP contribution is 2.40. The normalized spacial score (nSPS) is 11.5. The monoisotopic (exact) mass is 691 g/mol. The number of halogens is 1. The lowest BCUT2D eigenvalue weighted by Gasteiger charge is -2.34. The fourth-order valence-corrected chi connectivity index (χ4v) is 7.18. The van der Waals surface area contributed by atoms with Gasteiger partial charge >= 0.3 is 0 Å². The molecule has 6 heteroatoms. The molecule has 0 aliphatic heterocycles. The van der Waals surface area contributed by atoms with Crippen LogP contribution >= 0.6 is 0 Å². The van der Waals surface area contributed by atoms with Crippen molar-refractivity contribution in [3.05, 3.63) is 233 Å². The average molecular weight is 692 g/mol. The maximum Gasteiger partial charge on any atom is 0.205 e. The fraction of sp³-hybridized carbons (Fsp3) is 0.0851. The first-order valence-corrected chi connectivity index (χ1v) is 17.8. The van der Waals surface area contributed by atoms with Crippen LogP contribution in [0.25, 0.3) is 22.5 Å². The Kier molecular flexibility index (Phi) is 9.77. The molecule has 0 saturated heterocycles. The summed E-state index contributed by atoms with van der Waals surface area (Å²) in [5.74, 6) is 0.324. The zero-order valence-electron chi connectivity index (χ0n) is 29.2. The minimum absolute atomic E-state index is 0.222. The van der Waals surface area contributed by atoms with Crippen molar-refractivity contribution in [1.82, 2.24) is 25.1 Å². The lowest BCUT2D eigenvalue weighted by Crippen LogP contribution is -2.39. The smallest absolute Gasteiger partial charge is 0.205 e. The van der Waals surface area contributed by atoms with E-state index < -0.39 is 5.54 Å². The molecule has 8 aromatic rings. The Balaban J connectivity index is 1.13. The van der Waals surface area contributed by atoms with Gasteiger partial charge in [0.15, 0.2) is 5.54 Å². The van der Waals surface area contributed by atoms with E-state index in [-0.39, 0.29) is 5.82 Å². The molecule has 0 aliphatic carbocycles. The van der Waals surface area contributed by atoms with Gasteiger partial charge in [-0.1, -0.05) is 182 Å². The summed E-state index contributed by atoms with van der Waals surface area (Å²) in [7, 11) is 0. The maximum absolute atomic E-state index is 13.7. The first kappa shape index (κ1) is 33.6. The highest BCUT2D eigenvalue weighted by molar-refractivity contribution is 5.80. The lowest BCUT2D eigenvalue weighted by molar-refractivity contribution is 0.247. The molecule has 8 rings (SSSR count). The molecule has 1 heterocycles. The fourth-order valence-electron chi connectivity index (χ4n) is 7.18. The van der Waals surface area contributed by atoms with E-state index in [1.807, 2.05) is 48.5 Å². The number of rotatable bonds is 12. The molecule has 0 fully saturated rings. The largest absolute Gasteiger partial charge is 0.291 e. The second-order valence-electron chi connectivity index (χ2n) is 13.2. The van der Waals surface area contributed by atoms with E-state index in [0.717, 1.165) is 52.0 Å². The summed E-state index contributed by atoms with van der Waals surface area (Å²) in [5, 5.41) is 14.7. The summed E-state index contributed by atoms with van der Waals surface area (Å²) in [4.78, 5) is 4.15. The van der Waals surface area contributed by atoms with Gasteiger partial charge in [0.2, 0.25) is 5.82 Å². The van der Waals surface area contributed by atoms with Crippen molar-refractivity contribution in [3.8, 4) is 22.5 Å². The minimum atomic E-state index is -0.856. The van der Waals surface area contributed by atoms with Crippen molar-refractivity contribution in [1.29, 1.82) is 0 Å². The predicted molar refractivity (Wildman–Crippen MR) is 209 cm³/mol. The summed E-state index contributed by atoms with van der Waals surface area (Å²) in [5.41, 5.74) is 8.72. The first-order chi connectivity index (χ1) is 26.2. The third-order valence-electron chi connectivity index (χ3n) is 9.70. The second-order valence-corrected chi connectivity index (χ2v) is 13.2. The van der Waals surface area contributed by atoms with Gasteiger partial charge in [-0.15, -0.1) is 15.0 Å². The number of aromatic nitrogens is 4.